The standard InChI is InChI=1S/C10H14O.HNO3/c1-10(2,3)8-6-4-5-7-9(8)11;2-1(3)4/h4-7,11H,1-3H3;(H,2,3,4). The van der Waals surface area contributed by atoms with Gasteiger partial charge in [-0.3, -0.25) is 0 Å². The number of para-hydroxylation sites is 1. The van der Waals surface area contributed by atoms with Crippen LogP contribution < -0.4 is 0 Å². The van der Waals surface area contributed by atoms with Gasteiger partial charge in [0.05, 0.1) is 0 Å². The van der Waals surface area contributed by atoms with Crippen LogP contribution in [0.1, 0.15) is 26.3 Å². The van der Waals surface area contributed by atoms with Gasteiger partial charge in [-0.25, -0.2) is 0 Å². The van der Waals surface area contributed by atoms with E-state index in [0.29, 0.717) is 5.75 Å². The van der Waals surface area contributed by atoms with Crippen LogP contribution in [0.2, 0.25) is 0 Å². The van der Waals surface area contributed by atoms with Crippen LogP contribution in [0.5, 0.6) is 5.75 Å². The third-order valence-electron chi connectivity index (χ3n) is 1.71. The van der Waals surface area contributed by atoms with Gasteiger partial charge in [-0.2, -0.15) is 0 Å². The van der Waals surface area contributed by atoms with Gasteiger partial charge in [0.1, 0.15) is 5.75 Å². The number of nitrogens with zero attached hydrogens (tertiary/aromatic N) is 1. The summed E-state index contributed by atoms with van der Waals surface area (Å²) < 4.78 is 0. The average molecular weight is 213 g/mol. The number of rotatable bonds is 0. The number of phenols is 1. The molecule has 1 rings (SSSR count). The van der Waals surface area contributed by atoms with Crippen LogP contribution in [0.3, 0.4) is 0 Å². The maximum atomic E-state index is 9.45. The van der Waals surface area contributed by atoms with E-state index >= 15 is 0 Å². The number of hydrogen-bond acceptors (Lipinski definition) is 3. The lowest BCUT2D eigenvalue weighted by Crippen LogP contribution is -2.10. The number of hydrogen-bond donors (Lipinski definition) is 2. The quantitative estimate of drug-likeness (QED) is 0.511. The highest BCUT2D eigenvalue weighted by molar-refractivity contribution is 5.36. The highest BCUT2D eigenvalue weighted by Crippen LogP contribution is 2.29. The van der Waals surface area contributed by atoms with Gasteiger partial charge in [-0.05, 0) is 17.0 Å². The Morgan fingerprint density at radius 1 is 1.27 bits per heavy atom. The lowest BCUT2D eigenvalue weighted by Gasteiger charge is -2.19. The van der Waals surface area contributed by atoms with E-state index in [2.05, 4.69) is 20.8 Å². The third kappa shape index (κ3) is 5.51. The first-order chi connectivity index (χ1) is 6.75. The van der Waals surface area contributed by atoms with Crippen molar-refractivity contribution in [1.82, 2.24) is 0 Å². The fourth-order valence-electron chi connectivity index (χ4n) is 1.11. The fraction of sp³-hybridized carbons (Fsp3) is 0.400. The molecule has 1 aromatic rings. The Balaban J connectivity index is 0.000000423. The Kier molecular flexibility index (Phi) is 4.57. The molecule has 15 heavy (non-hydrogen) atoms. The first kappa shape index (κ1) is 13.2. The largest absolute Gasteiger partial charge is 0.508 e. The molecule has 0 aliphatic rings. The molecule has 2 N–H and O–H groups in total. The summed E-state index contributed by atoms with van der Waals surface area (Å²) in [5.74, 6) is 0.389. The first-order valence-corrected chi connectivity index (χ1v) is 4.37. The van der Waals surface area contributed by atoms with Gasteiger partial charge in [0.25, 0.3) is 5.09 Å². The summed E-state index contributed by atoms with van der Waals surface area (Å²) in [7, 11) is 0. The summed E-state index contributed by atoms with van der Waals surface area (Å²) in [6.45, 7) is 6.26. The van der Waals surface area contributed by atoms with E-state index in [1.54, 1.807) is 6.07 Å². The molecule has 0 aliphatic heterocycles. The second-order valence-corrected chi connectivity index (χ2v) is 4.00. The third-order valence-corrected chi connectivity index (χ3v) is 1.71. The van der Waals surface area contributed by atoms with Crippen molar-refractivity contribution in [2.24, 2.45) is 0 Å². The molecule has 5 nitrogen and oxygen atoms in total. The van der Waals surface area contributed by atoms with Crippen LogP contribution in [0.25, 0.3) is 0 Å². The van der Waals surface area contributed by atoms with Gasteiger partial charge in [-0.15, -0.1) is 10.1 Å². The Hall–Kier alpha value is -1.78. The zero-order valence-electron chi connectivity index (χ0n) is 8.97. The van der Waals surface area contributed by atoms with Gasteiger partial charge < -0.3 is 10.3 Å². The predicted octanol–water partition coefficient (Wildman–Crippen LogP) is 2.34. The lowest BCUT2D eigenvalue weighted by molar-refractivity contribution is -0.742. The van der Waals surface area contributed by atoms with E-state index < -0.39 is 5.09 Å². The Morgan fingerprint density at radius 2 is 1.67 bits per heavy atom. The molecule has 84 valence electrons. The molecule has 0 aromatic heterocycles. The number of benzene rings is 1. The van der Waals surface area contributed by atoms with Crippen molar-refractivity contribution < 1.29 is 15.4 Å². The molecular weight excluding hydrogens is 198 g/mol. The molecule has 0 spiro atoms. The average Bonchev–Trinajstić information content (AvgIpc) is 2.01. The molecule has 0 aliphatic carbocycles. The highest BCUT2D eigenvalue weighted by Gasteiger charge is 2.16. The molecule has 0 bridgehead atoms. The van der Waals surface area contributed by atoms with Crippen LogP contribution >= 0.6 is 0 Å². The molecule has 0 atom stereocenters. The second kappa shape index (κ2) is 5.19. The first-order valence-electron chi connectivity index (χ1n) is 4.37. The summed E-state index contributed by atoms with van der Waals surface area (Å²) in [6.07, 6.45) is 0. The zero-order valence-corrected chi connectivity index (χ0v) is 8.97. The van der Waals surface area contributed by atoms with Crippen molar-refractivity contribution in [3.63, 3.8) is 0 Å². The monoisotopic (exact) mass is 213 g/mol. The molecule has 0 radical (unpaired) electrons. The van der Waals surface area contributed by atoms with Crippen molar-refractivity contribution in [2.45, 2.75) is 26.2 Å². The van der Waals surface area contributed by atoms with E-state index in [1.165, 1.54) is 0 Å². The summed E-state index contributed by atoms with van der Waals surface area (Å²) in [4.78, 5) is 8.36. The predicted molar refractivity (Wildman–Crippen MR) is 55.6 cm³/mol. The van der Waals surface area contributed by atoms with E-state index in [-0.39, 0.29) is 5.41 Å². The van der Waals surface area contributed by atoms with Gasteiger partial charge >= 0.3 is 0 Å². The van der Waals surface area contributed by atoms with Crippen molar-refractivity contribution in [2.75, 3.05) is 0 Å². The molecule has 0 fully saturated rings. The summed E-state index contributed by atoms with van der Waals surface area (Å²) >= 11 is 0. The van der Waals surface area contributed by atoms with E-state index in [9.17, 15) is 5.11 Å². The van der Waals surface area contributed by atoms with Crippen LogP contribution in [-0.4, -0.2) is 15.4 Å². The Labute approximate surface area is 88.1 Å². The van der Waals surface area contributed by atoms with Gasteiger partial charge in [0, 0.05) is 0 Å². The smallest absolute Gasteiger partial charge is 0.291 e. The van der Waals surface area contributed by atoms with Crippen molar-refractivity contribution >= 4 is 0 Å². The van der Waals surface area contributed by atoms with E-state index in [4.69, 9.17) is 15.3 Å². The van der Waals surface area contributed by atoms with Gasteiger partial charge in [-0.1, -0.05) is 39.0 Å². The SMILES string of the molecule is CC(C)(C)c1ccccc1O.O=[N+]([O-])O. The zero-order chi connectivity index (χ0) is 12.1. The molecule has 5 heteroatoms. The minimum Gasteiger partial charge on any atom is -0.508 e. The lowest BCUT2D eigenvalue weighted by atomic mass is 9.86. The minimum atomic E-state index is -1.50. The van der Waals surface area contributed by atoms with Crippen LogP contribution in [0.4, 0.5) is 0 Å². The van der Waals surface area contributed by atoms with Gasteiger partial charge in [0.15, 0.2) is 0 Å². The molecule has 0 unspecified atom stereocenters. The maximum absolute atomic E-state index is 9.45. The fourth-order valence-corrected chi connectivity index (χ4v) is 1.11. The Bertz CT molecular complexity index is 326. The van der Waals surface area contributed by atoms with Crippen LogP contribution in [0, 0.1) is 10.1 Å². The van der Waals surface area contributed by atoms with Crippen molar-refractivity contribution in [3.05, 3.63) is 39.9 Å². The summed E-state index contributed by atoms with van der Waals surface area (Å²) in [6, 6.07) is 7.46. The number of phenolic OH excluding ortho intramolecular Hbond substituents is 1. The van der Waals surface area contributed by atoms with Gasteiger partial charge in [0.2, 0.25) is 0 Å². The molecule has 0 amide bonds. The maximum Gasteiger partial charge on any atom is 0.291 e. The Morgan fingerprint density at radius 3 is 1.93 bits per heavy atom. The minimum absolute atomic E-state index is 0.0331. The van der Waals surface area contributed by atoms with Crippen LogP contribution in [-0.2, 0) is 5.41 Å². The van der Waals surface area contributed by atoms with E-state index in [1.807, 2.05) is 18.2 Å². The second-order valence-electron chi connectivity index (χ2n) is 4.00. The molecule has 1 aromatic carbocycles. The molecule has 0 saturated carbocycles. The van der Waals surface area contributed by atoms with Crippen molar-refractivity contribution in [3.8, 4) is 5.75 Å². The molecular formula is C10H15NO4. The summed E-state index contributed by atoms with van der Waals surface area (Å²) in [5, 5.41) is 23.1. The highest BCUT2D eigenvalue weighted by atomic mass is 16.9. The molecule has 0 saturated heterocycles. The van der Waals surface area contributed by atoms with E-state index in [0.717, 1.165) is 5.56 Å². The van der Waals surface area contributed by atoms with Crippen LogP contribution in [0.15, 0.2) is 24.3 Å². The molecule has 0 heterocycles. The normalized spacial score (nSPS) is 10.1. The summed E-state index contributed by atoms with van der Waals surface area (Å²) in [5.41, 5.74) is 1.03. The topological polar surface area (TPSA) is 83.6 Å². The number of aromatic hydroxyl groups is 1. The van der Waals surface area contributed by atoms with Crippen molar-refractivity contribution in [1.29, 1.82) is 0 Å².